The Kier molecular flexibility index (Phi) is 6.91. The monoisotopic (exact) mass is 411 g/mol. The molecular formula is C21H21N3O4S. The van der Waals surface area contributed by atoms with Crippen LogP contribution in [0, 0.1) is 0 Å². The minimum Gasteiger partial charge on any atom is -0.497 e. The van der Waals surface area contributed by atoms with E-state index < -0.39 is 0 Å². The lowest BCUT2D eigenvalue weighted by Crippen LogP contribution is -2.14. The Hall–Kier alpha value is -3.26. The van der Waals surface area contributed by atoms with E-state index in [1.54, 1.807) is 39.5 Å². The van der Waals surface area contributed by atoms with E-state index >= 15 is 0 Å². The molecule has 3 aromatic rings. The number of thioether (sulfide) groups is 1. The Morgan fingerprint density at radius 3 is 2.24 bits per heavy atom. The van der Waals surface area contributed by atoms with Gasteiger partial charge in [-0.15, -0.1) is 10.2 Å². The van der Waals surface area contributed by atoms with Gasteiger partial charge in [0.05, 0.1) is 32.8 Å². The molecule has 0 aliphatic carbocycles. The fraction of sp³-hybridized carbons (Fsp3) is 0.190. The zero-order valence-corrected chi connectivity index (χ0v) is 17.2. The van der Waals surface area contributed by atoms with Crippen molar-refractivity contribution in [2.24, 2.45) is 0 Å². The van der Waals surface area contributed by atoms with Crippen molar-refractivity contribution in [3.8, 4) is 28.5 Å². The zero-order valence-electron chi connectivity index (χ0n) is 16.3. The van der Waals surface area contributed by atoms with Gasteiger partial charge in [0, 0.05) is 29.4 Å². The average molecular weight is 411 g/mol. The van der Waals surface area contributed by atoms with Crippen LogP contribution in [0.25, 0.3) is 11.3 Å². The Morgan fingerprint density at radius 2 is 1.62 bits per heavy atom. The molecule has 29 heavy (non-hydrogen) atoms. The van der Waals surface area contributed by atoms with Gasteiger partial charge in [-0.3, -0.25) is 4.79 Å². The van der Waals surface area contributed by atoms with Crippen molar-refractivity contribution >= 4 is 23.4 Å². The Balaban J connectivity index is 1.59. The molecular weight excluding hydrogens is 390 g/mol. The number of benzene rings is 2. The maximum absolute atomic E-state index is 12.3. The molecule has 8 heteroatoms. The summed E-state index contributed by atoms with van der Waals surface area (Å²) >= 11 is 1.31. The summed E-state index contributed by atoms with van der Waals surface area (Å²) in [7, 11) is 4.74. The van der Waals surface area contributed by atoms with Crippen molar-refractivity contribution < 1.29 is 19.0 Å². The van der Waals surface area contributed by atoms with E-state index in [1.165, 1.54) is 11.8 Å². The third-order valence-corrected chi connectivity index (χ3v) is 4.91. The van der Waals surface area contributed by atoms with Crippen molar-refractivity contribution in [2.75, 3.05) is 32.4 Å². The van der Waals surface area contributed by atoms with Gasteiger partial charge in [0.1, 0.15) is 22.3 Å². The minimum absolute atomic E-state index is 0.163. The fourth-order valence-corrected chi connectivity index (χ4v) is 3.16. The predicted molar refractivity (Wildman–Crippen MR) is 113 cm³/mol. The predicted octanol–water partition coefficient (Wildman–Crippen LogP) is 3.90. The lowest BCUT2D eigenvalue weighted by Gasteiger charge is -2.09. The zero-order chi connectivity index (χ0) is 20.6. The van der Waals surface area contributed by atoms with Gasteiger partial charge in [-0.05, 0) is 24.3 Å². The molecule has 7 nitrogen and oxygen atoms in total. The van der Waals surface area contributed by atoms with Crippen molar-refractivity contribution in [1.29, 1.82) is 0 Å². The number of amides is 1. The molecule has 1 amide bonds. The number of aromatic nitrogens is 2. The molecule has 2 aromatic carbocycles. The summed E-state index contributed by atoms with van der Waals surface area (Å²) in [6.45, 7) is 0. The van der Waals surface area contributed by atoms with E-state index in [2.05, 4.69) is 15.5 Å². The van der Waals surface area contributed by atoms with Crippen molar-refractivity contribution in [1.82, 2.24) is 10.2 Å². The second-order valence-corrected chi connectivity index (χ2v) is 6.92. The number of carbonyl (C=O) groups excluding carboxylic acids is 1. The summed E-state index contributed by atoms with van der Waals surface area (Å²) in [5.41, 5.74) is 2.26. The second kappa shape index (κ2) is 9.79. The van der Waals surface area contributed by atoms with Crippen LogP contribution in [0.2, 0.25) is 0 Å². The van der Waals surface area contributed by atoms with Crippen LogP contribution < -0.4 is 19.5 Å². The van der Waals surface area contributed by atoms with Gasteiger partial charge in [0.25, 0.3) is 0 Å². The standard InChI is InChI=1S/C21H21N3O4S/c1-26-16-6-4-5-14(9-16)19-7-8-21(24-23-19)29-13-20(25)22-15-10-17(27-2)12-18(11-15)28-3/h4-12H,13H2,1-3H3,(H,22,25). The van der Waals surface area contributed by atoms with Crippen LogP contribution >= 0.6 is 11.8 Å². The molecule has 0 bridgehead atoms. The molecule has 3 rings (SSSR count). The van der Waals surface area contributed by atoms with Gasteiger partial charge < -0.3 is 19.5 Å². The van der Waals surface area contributed by atoms with E-state index in [1.807, 2.05) is 36.4 Å². The highest BCUT2D eigenvalue weighted by Gasteiger charge is 2.09. The van der Waals surface area contributed by atoms with Crippen LogP contribution in [0.4, 0.5) is 5.69 Å². The lowest BCUT2D eigenvalue weighted by molar-refractivity contribution is -0.113. The van der Waals surface area contributed by atoms with Crippen LogP contribution in [-0.2, 0) is 4.79 Å². The van der Waals surface area contributed by atoms with Crippen molar-refractivity contribution in [3.63, 3.8) is 0 Å². The van der Waals surface area contributed by atoms with E-state index in [4.69, 9.17) is 14.2 Å². The number of methoxy groups -OCH3 is 3. The molecule has 0 spiro atoms. The molecule has 1 N–H and O–H groups in total. The third kappa shape index (κ3) is 5.61. The summed E-state index contributed by atoms with van der Waals surface area (Å²) in [6.07, 6.45) is 0. The number of rotatable bonds is 8. The van der Waals surface area contributed by atoms with E-state index in [9.17, 15) is 4.79 Å². The normalized spacial score (nSPS) is 10.3. The van der Waals surface area contributed by atoms with Crippen molar-refractivity contribution in [2.45, 2.75) is 5.03 Å². The van der Waals surface area contributed by atoms with Crippen LogP contribution in [0.15, 0.2) is 59.6 Å². The largest absolute Gasteiger partial charge is 0.497 e. The summed E-state index contributed by atoms with van der Waals surface area (Å²) in [4.78, 5) is 12.3. The summed E-state index contributed by atoms with van der Waals surface area (Å²) in [5.74, 6) is 2.00. The maximum atomic E-state index is 12.3. The molecule has 0 unspecified atom stereocenters. The van der Waals surface area contributed by atoms with Crippen LogP contribution in [0.1, 0.15) is 0 Å². The van der Waals surface area contributed by atoms with Gasteiger partial charge in [-0.2, -0.15) is 0 Å². The summed E-state index contributed by atoms with van der Waals surface area (Å²) in [5, 5.41) is 11.9. The number of hydrogen-bond donors (Lipinski definition) is 1. The minimum atomic E-state index is -0.163. The number of ether oxygens (including phenoxy) is 3. The van der Waals surface area contributed by atoms with E-state index in [0.29, 0.717) is 22.2 Å². The van der Waals surface area contributed by atoms with Crippen LogP contribution in [0.5, 0.6) is 17.2 Å². The molecule has 0 fully saturated rings. The van der Waals surface area contributed by atoms with Gasteiger partial charge in [-0.25, -0.2) is 0 Å². The highest BCUT2D eigenvalue weighted by atomic mass is 32.2. The Morgan fingerprint density at radius 1 is 0.897 bits per heavy atom. The highest BCUT2D eigenvalue weighted by Crippen LogP contribution is 2.26. The molecule has 0 saturated carbocycles. The first-order chi connectivity index (χ1) is 14.1. The fourth-order valence-electron chi connectivity index (χ4n) is 2.55. The number of nitrogens with zero attached hydrogens (tertiary/aromatic N) is 2. The van der Waals surface area contributed by atoms with Gasteiger partial charge in [-0.1, -0.05) is 23.9 Å². The molecule has 0 atom stereocenters. The highest BCUT2D eigenvalue weighted by molar-refractivity contribution is 7.99. The van der Waals surface area contributed by atoms with Gasteiger partial charge in [0.15, 0.2) is 0 Å². The number of carbonyl (C=O) groups is 1. The third-order valence-electron chi connectivity index (χ3n) is 3.99. The van der Waals surface area contributed by atoms with Crippen LogP contribution in [-0.4, -0.2) is 43.2 Å². The Labute approximate surface area is 173 Å². The molecule has 1 aromatic heterocycles. The van der Waals surface area contributed by atoms with E-state index in [0.717, 1.165) is 17.0 Å². The molecule has 0 saturated heterocycles. The first kappa shape index (κ1) is 20.5. The molecule has 0 radical (unpaired) electrons. The quantitative estimate of drug-likeness (QED) is 0.563. The van der Waals surface area contributed by atoms with Crippen LogP contribution in [0.3, 0.4) is 0 Å². The maximum Gasteiger partial charge on any atom is 0.234 e. The summed E-state index contributed by atoms with van der Waals surface area (Å²) < 4.78 is 15.6. The molecule has 1 heterocycles. The lowest BCUT2D eigenvalue weighted by atomic mass is 10.1. The molecule has 0 aliphatic heterocycles. The molecule has 0 aliphatic rings. The molecule has 150 valence electrons. The average Bonchev–Trinajstić information content (AvgIpc) is 2.77. The number of hydrogen-bond acceptors (Lipinski definition) is 7. The second-order valence-electron chi connectivity index (χ2n) is 5.93. The Bertz CT molecular complexity index is 958. The van der Waals surface area contributed by atoms with Crippen molar-refractivity contribution in [3.05, 3.63) is 54.6 Å². The van der Waals surface area contributed by atoms with Gasteiger partial charge >= 0.3 is 0 Å². The summed E-state index contributed by atoms with van der Waals surface area (Å²) in [6, 6.07) is 16.5. The number of nitrogens with one attached hydrogen (secondary N) is 1. The van der Waals surface area contributed by atoms with E-state index in [-0.39, 0.29) is 11.7 Å². The van der Waals surface area contributed by atoms with Gasteiger partial charge in [0.2, 0.25) is 5.91 Å². The first-order valence-corrected chi connectivity index (χ1v) is 9.73. The SMILES string of the molecule is COc1cc(NC(=O)CSc2ccc(-c3cccc(OC)c3)nn2)cc(OC)c1. The number of anilines is 1. The smallest absolute Gasteiger partial charge is 0.234 e. The topological polar surface area (TPSA) is 82.6 Å². The first-order valence-electron chi connectivity index (χ1n) is 8.75.